The van der Waals surface area contributed by atoms with E-state index in [2.05, 4.69) is 5.32 Å². The number of nitrogens with one attached hydrogen (secondary N) is 1. The Bertz CT molecular complexity index is 1290. The molecule has 2 aromatic carbocycles. The van der Waals surface area contributed by atoms with Crippen LogP contribution in [0.4, 0.5) is 8.78 Å². The molecular weight excluding hydrogens is 594 g/mol. The third-order valence-corrected chi connectivity index (χ3v) is 8.98. The van der Waals surface area contributed by atoms with Crippen molar-refractivity contribution < 1.29 is 37.7 Å². The molecule has 0 spiro atoms. The van der Waals surface area contributed by atoms with Gasteiger partial charge in [0.2, 0.25) is 0 Å². The first-order valence-corrected chi connectivity index (χ1v) is 16.5. The maximum atomic E-state index is 14.1. The molecule has 1 aliphatic rings. The number of halogens is 2. The van der Waals surface area contributed by atoms with Gasteiger partial charge in [0.05, 0.1) is 24.4 Å². The number of carbonyl (C=O) groups is 3. The maximum absolute atomic E-state index is 14.1. The molecule has 0 bridgehead atoms. The fourth-order valence-electron chi connectivity index (χ4n) is 6.39. The minimum atomic E-state index is -1.18. The quantitative estimate of drug-likeness (QED) is 0.228. The Balaban J connectivity index is 1.83. The van der Waals surface area contributed by atoms with Crippen molar-refractivity contribution in [2.75, 3.05) is 27.3 Å². The summed E-state index contributed by atoms with van der Waals surface area (Å²) in [7, 11) is 3.24. The average Bonchev–Trinajstić information content (AvgIpc) is 3.07. The molecular formula is C36H50F2N2O6. The summed E-state index contributed by atoms with van der Waals surface area (Å²) in [5.74, 6) is -3.52. The lowest BCUT2D eigenvalue weighted by Gasteiger charge is -2.35. The van der Waals surface area contributed by atoms with Crippen LogP contribution in [0.3, 0.4) is 0 Å². The molecule has 8 nitrogen and oxygen atoms in total. The number of carbonyl (C=O) groups excluding carboxylic acids is 3. The second-order valence-electron chi connectivity index (χ2n) is 12.3. The highest BCUT2D eigenvalue weighted by molar-refractivity contribution is 5.99. The summed E-state index contributed by atoms with van der Waals surface area (Å²) in [6, 6.07) is 8.92. The number of amides is 2. The predicted molar refractivity (Wildman–Crippen MR) is 173 cm³/mol. The Morgan fingerprint density at radius 2 is 1.54 bits per heavy atom. The van der Waals surface area contributed by atoms with Crippen molar-refractivity contribution in [3.63, 3.8) is 0 Å². The Kier molecular flexibility index (Phi) is 14.7. The molecule has 1 fully saturated rings. The third-order valence-electron chi connectivity index (χ3n) is 8.98. The smallest absolute Gasteiger partial charge is 0.253 e. The van der Waals surface area contributed by atoms with Crippen molar-refractivity contribution in [2.45, 2.75) is 96.5 Å². The van der Waals surface area contributed by atoms with Crippen molar-refractivity contribution in [1.82, 2.24) is 10.2 Å². The predicted octanol–water partition coefficient (Wildman–Crippen LogP) is 5.74. The second kappa shape index (κ2) is 18.2. The zero-order valence-electron chi connectivity index (χ0n) is 27.8. The van der Waals surface area contributed by atoms with E-state index in [1.54, 1.807) is 37.3 Å². The van der Waals surface area contributed by atoms with E-state index in [1.165, 1.54) is 12.1 Å². The van der Waals surface area contributed by atoms with Gasteiger partial charge in [-0.2, -0.15) is 0 Å². The van der Waals surface area contributed by atoms with Crippen LogP contribution in [0.25, 0.3) is 0 Å². The number of hydrogen-bond donors (Lipinski definition) is 2. The molecule has 46 heavy (non-hydrogen) atoms. The van der Waals surface area contributed by atoms with Gasteiger partial charge in [-0.3, -0.25) is 14.4 Å². The minimum Gasteiger partial charge on any atom is -0.391 e. The minimum absolute atomic E-state index is 0.00490. The van der Waals surface area contributed by atoms with Gasteiger partial charge in [-0.25, -0.2) is 8.78 Å². The zero-order chi connectivity index (χ0) is 33.8. The first-order valence-electron chi connectivity index (χ1n) is 16.5. The molecule has 1 aliphatic carbocycles. The number of methoxy groups -OCH3 is 2. The van der Waals surface area contributed by atoms with Gasteiger partial charge in [0, 0.05) is 50.3 Å². The van der Waals surface area contributed by atoms with Crippen LogP contribution in [-0.4, -0.2) is 79.3 Å². The number of hydrogen-bond acceptors (Lipinski definition) is 6. The molecule has 254 valence electrons. The van der Waals surface area contributed by atoms with Crippen LogP contribution in [0.5, 0.6) is 0 Å². The average molecular weight is 645 g/mol. The summed E-state index contributed by atoms with van der Waals surface area (Å²) in [5, 5.41) is 14.4. The monoisotopic (exact) mass is 644 g/mol. The summed E-state index contributed by atoms with van der Waals surface area (Å²) < 4.78 is 38.9. The van der Waals surface area contributed by atoms with E-state index in [0.717, 1.165) is 25.0 Å². The maximum Gasteiger partial charge on any atom is 0.253 e. The van der Waals surface area contributed by atoms with E-state index in [9.17, 15) is 28.3 Å². The Labute approximate surface area is 271 Å². The number of aliphatic hydroxyl groups excluding tert-OH is 1. The van der Waals surface area contributed by atoms with Crippen LogP contribution < -0.4 is 5.32 Å². The van der Waals surface area contributed by atoms with Crippen LogP contribution in [0.15, 0.2) is 42.5 Å². The number of benzene rings is 2. The van der Waals surface area contributed by atoms with Crippen LogP contribution in [0, 0.1) is 23.5 Å². The van der Waals surface area contributed by atoms with Gasteiger partial charge in [-0.1, -0.05) is 32.9 Å². The molecule has 10 heteroatoms. The molecule has 2 amide bonds. The molecule has 0 saturated heterocycles. The molecule has 2 unspecified atom stereocenters. The van der Waals surface area contributed by atoms with Crippen molar-refractivity contribution in [3.8, 4) is 0 Å². The lowest BCUT2D eigenvalue weighted by atomic mass is 9.76. The van der Waals surface area contributed by atoms with E-state index < -0.39 is 35.6 Å². The fourth-order valence-corrected chi connectivity index (χ4v) is 6.39. The molecule has 0 radical (unpaired) electrons. The highest BCUT2D eigenvalue weighted by Crippen LogP contribution is 2.32. The lowest BCUT2D eigenvalue weighted by Crippen LogP contribution is -2.46. The SMILES string of the molecule is CCCN(CCC)C(=O)c1cccc(C(=O)N[C@@H](Cc2ccc(F)c(F)c2)[C@@H](O)C[C@@H](CC)C(=O)C2CC(OC)CC(OC)C2)c1. The third kappa shape index (κ3) is 10.1. The lowest BCUT2D eigenvalue weighted by molar-refractivity contribution is -0.133. The largest absolute Gasteiger partial charge is 0.391 e. The van der Waals surface area contributed by atoms with Crippen molar-refractivity contribution >= 4 is 17.6 Å². The van der Waals surface area contributed by atoms with Gasteiger partial charge < -0.3 is 24.8 Å². The summed E-state index contributed by atoms with van der Waals surface area (Å²) in [5.41, 5.74) is 0.974. The number of nitrogens with zero attached hydrogens (tertiary/aromatic N) is 1. The number of aliphatic hydroxyl groups is 1. The highest BCUT2D eigenvalue weighted by atomic mass is 19.2. The first kappa shape index (κ1) is 37.2. The van der Waals surface area contributed by atoms with Crippen LogP contribution in [0.2, 0.25) is 0 Å². The van der Waals surface area contributed by atoms with Gasteiger partial charge in [-0.15, -0.1) is 0 Å². The van der Waals surface area contributed by atoms with Crippen LogP contribution in [-0.2, 0) is 20.7 Å². The summed E-state index contributed by atoms with van der Waals surface area (Å²) >= 11 is 0. The molecule has 2 aromatic rings. The number of ketones is 1. The van der Waals surface area contributed by atoms with Crippen molar-refractivity contribution in [3.05, 3.63) is 70.8 Å². The van der Waals surface area contributed by atoms with Gasteiger partial charge in [0.15, 0.2) is 11.6 Å². The Morgan fingerprint density at radius 3 is 2.11 bits per heavy atom. The normalized spacial score (nSPS) is 20.0. The van der Waals surface area contributed by atoms with E-state index in [4.69, 9.17) is 9.47 Å². The standard InChI is InChI=1S/C36H50F2N2O6/c1-6-14-40(15-7-2)36(44)26-11-9-10-25(18-26)35(43)39-32(17-23-12-13-30(37)31(38)16-23)33(41)21-24(8-3)34(42)27-19-28(45-4)22-29(20-27)46-5/h9-13,16,18,24,27-29,32-33,41H,6-8,14-15,17,19-22H2,1-5H3,(H,39,43)/t24-,27?,28?,29?,32+,33+/m1/s1. The van der Waals surface area contributed by atoms with Gasteiger partial charge in [-0.05, 0) is 87.3 Å². The van der Waals surface area contributed by atoms with Crippen molar-refractivity contribution in [2.24, 2.45) is 11.8 Å². The van der Waals surface area contributed by atoms with Crippen molar-refractivity contribution in [1.29, 1.82) is 0 Å². The molecule has 0 aliphatic heterocycles. The molecule has 2 N–H and O–H groups in total. The zero-order valence-corrected chi connectivity index (χ0v) is 27.8. The first-order chi connectivity index (χ1) is 22.0. The van der Waals surface area contributed by atoms with E-state index >= 15 is 0 Å². The summed E-state index contributed by atoms with van der Waals surface area (Å²) in [6.07, 6.45) is 2.61. The van der Waals surface area contributed by atoms with Gasteiger partial charge >= 0.3 is 0 Å². The van der Waals surface area contributed by atoms with Crippen LogP contribution >= 0.6 is 0 Å². The molecule has 0 aromatic heterocycles. The Hall–Kier alpha value is -3.21. The van der Waals surface area contributed by atoms with Gasteiger partial charge in [0.1, 0.15) is 5.78 Å². The second-order valence-corrected chi connectivity index (χ2v) is 12.3. The topological polar surface area (TPSA) is 105 Å². The van der Waals surface area contributed by atoms with Gasteiger partial charge in [0.25, 0.3) is 11.8 Å². The number of Topliss-reactive ketones (excluding diaryl/α,β-unsaturated/α-hetero) is 1. The molecule has 3 rings (SSSR count). The highest BCUT2D eigenvalue weighted by Gasteiger charge is 2.37. The van der Waals surface area contributed by atoms with Crippen LogP contribution in [0.1, 0.15) is 92.0 Å². The molecule has 0 heterocycles. The van der Waals surface area contributed by atoms with E-state index in [1.807, 2.05) is 20.8 Å². The molecule has 5 atom stereocenters. The number of ether oxygens (including phenoxy) is 2. The van der Waals surface area contributed by atoms with E-state index in [-0.39, 0.29) is 48.2 Å². The number of rotatable bonds is 17. The molecule has 1 saturated carbocycles. The fraction of sp³-hybridized carbons (Fsp3) is 0.583. The summed E-state index contributed by atoms with van der Waals surface area (Å²) in [4.78, 5) is 42.2. The Morgan fingerprint density at radius 1 is 0.913 bits per heavy atom. The van der Waals surface area contributed by atoms with E-state index in [0.29, 0.717) is 49.9 Å². The summed E-state index contributed by atoms with van der Waals surface area (Å²) in [6.45, 7) is 7.07.